The zero-order chi connectivity index (χ0) is 15.9. The number of rotatable bonds is 3. The molecule has 0 amide bonds. The van der Waals surface area contributed by atoms with Gasteiger partial charge in [-0.15, -0.1) is 0 Å². The number of carbonyl (C=O) groups excluding carboxylic acids is 1. The predicted octanol–water partition coefficient (Wildman–Crippen LogP) is 3.06. The number of ether oxygens (including phenoxy) is 1. The Labute approximate surface area is 132 Å². The highest BCUT2D eigenvalue weighted by Gasteiger charge is 2.42. The predicted molar refractivity (Wildman–Crippen MR) is 85.4 cm³/mol. The second kappa shape index (κ2) is 6.07. The molecule has 122 valence electrons. The summed E-state index contributed by atoms with van der Waals surface area (Å²) < 4.78 is 5.27. The fourth-order valence-corrected chi connectivity index (χ4v) is 4.30. The summed E-state index contributed by atoms with van der Waals surface area (Å²) in [5.41, 5.74) is 1.24. The van der Waals surface area contributed by atoms with E-state index >= 15 is 0 Å². The van der Waals surface area contributed by atoms with Gasteiger partial charge in [0.05, 0.1) is 7.11 Å². The van der Waals surface area contributed by atoms with E-state index in [2.05, 4.69) is 18.7 Å². The van der Waals surface area contributed by atoms with Gasteiger partial charge < -0.3 is 9.84 Å². The van der Waals surface area contributed by atoms with E-state index in [9.17, 15) is 9.90 Å². The number of Topliss-reactive ketones (excluding diaryl/α,β-unsaturated/α-hetero) is 1. The minimum atomic E-state index is 0.190. The Bertz CT molecular complexity index is 520. The third-order valence-electron chi connectivity index (χ3n) is 5.39. The molecule has 0 radical (unpaired) electrons. The average molecular weight is 305 g/mol. The summed E-state index contributed by atoms with van der Waals surface area (Å²) in [6.07, 6.45) is 5.31. The van der Waals surface area contributed by atoms with Crippen LogP contribution in [0.2, 0.25) is 0 Å². The van der Waals surface area contributed by atoms with Crippen LogP contribution in [0.15, 0.2) is 23.2 Å². The molecule has 0 saturated carbocycles. The third kappa shape index (κ3) is 2.81. The molecule has 3 unspecified atom stereocenters. The first-order valence-electron chi connectivity index (χ1n) is 8.44. The highest BCUT2D eigenvalue weighted by Crippen LogP contribution is 2.41. The van der Waals surface area contributed by atoms with Gasteiger partial charge >= 0.3 is 0 Å². The lowest BCUT2D eigenvalue weighted by Crippen LogP contribution is -2.53. The number of aliphatic hydroxyl groups excluding tert-OH is 1. The third-order valence-corrected chi connectivity index (χ3v) is 5.39. The average Bonchev–Trinajstić information content (AvgIpc) is 2.47. The number of fused-ring (bicyclic) bond motifs is 3. The van der Waals surface area contributed by atoms with Crippen LogP contribution in [-0.4, -0.2) is 42.0 Å². The molecule has 3 atom stereocenters. The van der Waals surface area contributed by atoms with Crippen LogP contribution in [0, 0.1) is 17.8 Å². The molecule has 1 aliphatic carbocycles. The van der Waals surface area contributed by atoms with Gasteiger partial charge in [-0.3, -0.25) is 9.69 Å². The van der Waals surface area contributed by atoms with Crippen LogP contribution in [0.5, 0.6) is 0 Å². The van der Waals surface area contributed by atoms with Gasteiger partial charge in [-0.1, -0.05) is 13.8 Å². The van der Waals surface area contributed by atoms with Crippen molar-refractivity contribution in [3.8, 4) is 0 Å². The fraction of sp³-hybridized carbons (Fsp3) is 0.722. The Morgan fingerprint density at radius 1 is 1.41 bits per heavy atom. The van der Waals surface area contributed by atoms with E-state index in [4.69, 9.17) is 4.74 Å². The molecule has 4 heteroatoms. The number of methoxy groups -OCH3 is 1. The Hall–Kier alpha value is -1.29. The quantitative estimate of drug-likeness (QED) is 0.870. The normalized spacial score (nSPS) is 32.6. The lowest BCUT2D eigenvalue weighted by atomic mass is 9.74. The van der Waals surface area contributed by atoms with Gasteiger partial charge in [-0.2, -0.15) is 0 Å². The first kappa shape index (κ1) is 15.6. The molecular weight excluding hydrogens is 278 g/mol. The monoisotopic (exact) mass is 305 g/mol. The van der Waals surface area contributed by atoms with Crippen LogP contribution in [-0.2, 0) is 9.53 Å². The van der Waals surface area contributed by atoms with Gasteiger partial charge in [0.25, 0.3) is 0 Å². The lowest BCUT2D eigenvalue weighted by molar-refractivity contribution is -0.129. The minimum absolute atomic E-state index is 0.190. The second-order valence-corrected chi connectivity index (χ2v) is 7.35. The first-order chi connectivity index (χ1) is 10.5. The Kier molecular flexibility index (Phi) is 4.31. The number of carbonyl (C=O) groups is 1. The molecule has 1 N–H and O–H groups in total. The number of allylic oxidation sites excluding steroid dienone is 2. The van der Waals surface area contributed by atoms with Gasteiger partial charge in [0.2, 0.25) is 0 Å². The molecule has 0 aromatic heterocycles. The Morgan fingerprint density at radius 2 is 2.18 bits per heavy atom. The molecule has 0 bridgehead atoms. The van der Waals surface area contributed by atoms with Crippen molar-refractivity contribution in [2.24, 2.45) is 17.8 Å². The van der Waals surface area contributed by atoms with Crippen LogP contribution in [0.1, 0.15) is 39.5 Å². The van der Waals surface area contributed by atoms with Crippen molar-refractivity contribution in [3.63, 3.8) is 0 Å². The van der Waals surface area contributed by atoms with Gasteiger partial charge in [-0.05, 0) is 42.9 Å². The van der Waals surface area contributed by atoms with Crippen molar-refractivity contribution in [2.75, 3.05) is 20.2 Å². The van der Waals surface area contributed by atoms with E-state index in [-0.39, 0.29) is 17.7 Å². The molecule has 0 spiro atoms. The van der Waals surface area contributed by atoms with Crippen LogP contribution >= 0.6 is 0 Å². The van der Waals surface area contributed by atoms with E-state index in [1.54, 1.807) is 7.11 Å². The van der Waals surface area contributed by atoms with Gasteiger partial charge in [0.1, 0.15) is 11.5 Å². The van der Waals surface area contributed by atoms with Crippen LogP contribution in [0.25, 0.3) is 0 Å². The lowest BCUT2D eigenvalue weighted by Gasteiger charge is -2.47. The van der Waals surface area contributed by atoms with Crippen LogP contribution < -0.4 is 0 Å². The standard InChI is InChI=1S/C18H27NO3/c1-11(2)6-13-10-19-5-4-12-7-18(22-3)17(21)8-14(12)15(19)9-16(13)20/h8,11-13,15,21H,4-7,9-10H2,1-3H3. The van der Waals surface area contributed by atoms with Crippen molar-refractivity contribution in [1.29, 1.82) is 0 Å². The summed E-state index contributed by atoms with van der Waals surface area (Å²) in [4.78, 5) is 15.0. The smallest absolute Gasteiger partial charge is 0.153 e. The maximum absolute atomic E-state index is 12.5. The van der Waals surface area contributed by atoms with Crippen LogP contribution in [0.4, 0.5) is 0 Å². The van der Waals surface area contributed by atoms with Crippen molar-refractivity contribution < 1.29 is 14.6 Å². The molecule has 2 saturated heterocycles. The molecule has 2 heterocycles. The number of piperidine rings is 2. The molecular formula is C18H27NO3. The summed E-state index contributed by atoms with van der Waals surface area (Å²) in [6.45, 7) is 6.30. The van der Waals surface area contributed by atoms with Crippen LogP contribution in [0.3, 0.4) is 0 Å². The molecule has 2 fully saturated rings. The maximum Gasteiger partial charge on any atom is 0.153 e. The van der Waals surface area contributed by atoms with E-state index in [0.29, 0.717) is 29.8 Å². The number of ketones is 1. The summed E-state index contributed by atoms with van der Waals surface area (Å²) >= 11 is 0. The number of nitrogens with zero attached hydrogens (tertiary/aromatic N) is 1. The largest absolute Gasteiger partial charge is 0.504 e. The topological polar surface area (TPSA) is 49.8 Å². The van der Waals surface area contributed by atoms with Gasteiger partial charge in [0.15, 0.2) is 5.76 Å². The zero-order valence-corrected chi connectivity index (χ0v) is 13.8. The zero-order valence-electron chi connectivity index (χ0n) is 13.8. The molecule has 4 nitrogen and oxygen atoms in total. The SMILES string of the molecule is COC1=C(O)C=C2C(CCN3CC(CC(C)C)C(=O)CC23)C1. The van der Waals surface area contributed by atoms with Crippen molar-refractivity contribution in [1.82, 2.24) is 4.90 Å². The fourth-order valence-electron chi connectivity index (χ4n) is 4.30. The van der Waals surface area contributed by atoms with Gasteiger partial charge in [0, 0.05) is 31.3 Å². The minimum Gasteiger partial charge on any atom is -0.504 e. The number of hydrogen-bond acceptors (Lipinski definition) is 4. The summed E-state index contributed by atoms with van der Waals surface area (Å²) in [7, 11) is 1.61. The van der Waals surface area contributed by atoms with Crippen molar-refractivity contribution in [2.45, 2.75) is 45.6 Å². The molecule has 22 heavy (non-hydrogen) atoms. The van der Waals surface area contributed by atoms with Crippen molar-refractivity contribution >= 4 is 5.78 Å². The number of aliphatic hydroxyl groups is 1. The molecule has 0 aromatic rings. The molecule has 3 aliphatic rings. The summed E-state index contributed by atoms with van der Waals surface area (Å²) in [5, 5.41) is 10.1. The molecule has 0 aromatic carbocycles. The summed E-state index contributed by atoms with van der Waals surface area (Å²) in [6, 6.07) is 0.190. The van der Waals surface area contributed by atoms with E-state index < -0.39 is 0 Å². The highest BCUT2D eigenvalue weighted by atomic mass is 16.5. The molecule has 3 rings (SSSR count). The van der Waals surface area contributed by atoms with Crippen molar-refractivity contribution in [3.05, 3.63) is 23.2 Å². The Balaban J connectivity index is 1.80. The summed E-state index contributed by atoms with van der Waals surface area (Å²) in [5.74, 6) is 2.50. The van der Waals surface area contributed by atoms with E-state index in [0.717, 1.165) is 32.4 Å². The Morgan fingerprint density at radius 3 is 2.86 bits per heavy atom. The molecule has 2 aliphatic heterocycles. The first-order valence-corrected chi connectivity index (χ1v) is 8.44. The van der Waals surface area contributed by atoms with E-state index in [1.165, 1.54) is 5.57 Å². The highest BCUT2D eigenvalue weighted by molar-refractivity contribution is 5.83. The number of hydrogen-bond donors (Lipinski definition) is 1. The van der Waals surface area contributed by atoms with Gasteiger partial charge in [-0.25, -0.2) is 0 Å². The second-order valence-electron chi connectivity index (χ2n) is 7.35. The maximum atomic E-state index is 12.5. The van der Waals surface area contributed by atoms with E-state index in [1.807, 2.05) is 6.08 Å².